The molecule has 0 aliphatic heterocycles. The highest BCUT2D eigenvalue weighted by Gasteiger charge is 2.41. The molecule has 8 heteroatoms. The van der Waals surface area contributed by atoms with Gasteiger partial charge in [0.2, 0.25) is 5.89 Å². The number of carbonyl (C=O) groups excluding carboxylic acids is 1. The van der Waals surface area contributed by atoms with Gasteiger partial charge in [0.25, 0.3) is 5.91 Å². The Labute approximate surface area is 136 Å². The summed E-state index contributed by atoms with van der Waals surface area (Å²) in [4.78, 5) is 16.7. The van der Waals surface area contributed by atoms with Crippen LogP contribution in [-0.2, 0) is 5.54 Å². The quantitative estimate of drug-likeness (QED) is 0.867. The number of amides is 1. The first kappa shape index (κ1) is 15.9. The topological polar surface area (TPSA) is 68.0 Å². The summed E-state index contributed by atoms with van der Waals surface area (Å²) in [5.74, 6) is -2.05. The van der Waals surface area contributed by atoms with Crippen molar-refractivity contribution in [2.24, 2.45) is 0 Å². The van der Waals surface area contributed by atoms with Crippen molar-refractivity contribution in [3.8, 4) is 0 Å². The van der Waals surface area contributed by atoms with E-state index >= 15 is 0 Å². The van der Waals surface area contributed by atoms with E-state index in [2.05, 4.69) is 15.5 Å². The highest BCUT2D eigenvalue weighted by Crippen LogP contribution is 2.37. The molecular formula is C15H14ClF2N3O2. The molecule has 1 heterocycles. The van der Waals surface area contributed by atoms with Gasteiger partial charge in [-0.15, -0.1) is 0 Å². The minimum atomic E-state index is -1.13. The Bertz CT molecular complexity index is 757. The monoisotopic (exact) mass is 341 g/mol. The fraction of sp³-hybridized carbons (Fsp3) is 0.400. The molecule has 122 valence electrons. The number of hydrogen-bond acceptors (Lipinski definition) is 4. The third kappa shape index (κ3) is 2.93. The van der Waals surface area contributed by atoms with Crippen molar-refractivity contribution in [1.29, 1.82) is 0 Å². The van der Waals surface area contributed by atoms with Crippen LogP contribution >= 0.6 is 11.6 Å². The Morgan fingerprint density at radius 1 is 1.30 bits per heavy atom. The summed E-state index contributed by atoms with van der Waals surface area (Å²) in [6.45, 7) is 1.66. The van der Waals surface area contributed by atoms with Crippen molar-refractivity contribution >= 4 is 17.5 Å². The van der Waals surface area contributed by atoms with Crippen molar-refractivity contribution < 1.29 is 18.1 Å². The summed E-state index contributed by atoms with van der Waals surface area (Å²) < 4.78 is 31.5. The SMILES string of the molecule is Cc1nc(C2(NC(=O)c3cc(F)c(F)cc3Cl)CCCC2)no1. The van der Waals surface area contributed by atoms with Gasteiger partial charge in [-0.1, -0.05) is 29.6 Å². The van der Waals surface area contributed by atoms with Crippen LogP contribution in [0.1, 0.15) is 47.8 Å². The van der Waals surface area contributed by atoms with Gasteiger partial charge in [0.05, 0.1) is 10.6 Å². The number of benzene rings is 1. The van der Waals surface area contributed by atoms with Crippen LogP contribution in [0.5, 0.6) is 0 Å². The van der Waals surface area contributed by atoms with Crippen molar-refractivity contribution in [1.82, 2.24) is 15.5 Å². The van der Waals surface area contributed by atoms with E-state index in [1.165, 1.54) is 0 Å². The lowest BCUT2D eigenvalue weighted by Crippen LogP contribution is -2.44. The molecule has 3 rings (SSSR count). The summed E-state index contributed by atoms with van der Waals surface area (Å²) in [5.41, 5.74) is -0.902. The van der Waals surface area contributed by atoms with Crippen molar-refractivity contribution in [3.63, 3.8) is 0 Å². The third-order valence-corrected chi connectivity index (χ3v) is 4.33. The van der Waals surface area contributed by atoms with E-state index in [-0.39, 0.29) is 10.6 Å². The fourth-order valence-corrected chi connectivity index (χ4v) is 3.09. The Kier molecular flexibility index (Phi) is 4.06. The maximum absolute atomic E-state index is 13.4. The summed E-state index contributed by atoms with van der Waals surface area (Å²) in [7, 11) is 0. The molecule has 0 spiro atoms. The molecule has 1 saturated carbocycles. The van der Waals surface area contributed by atoms with Crippen LogP contribution in [0.3, 0.4) is 0 Å². The van der Waals surface area contributed by atoms with Crippen LogP contribution in [-0.4, -0.2) is 16.0 Å². The fourth-order valence-electron chi connectivity index (χ4n) is 2.86. The second-order valence-corrected chi connectivity index (χ2v) is 6.03. The van der Waals surface area contributed by atoms with Crippen molar-refractivity contribution in [2.45, 2.75) is 38.1 Å². The predicted octanol–water partition coefficient (Wildman–Crippen LogP) is 3.51. The number of halogens is 3. The number of nitrogens with zero attached hydrogens (tertiary/aromatic N) is 2. The van der Waals surface area contributed by atoms with Gasteiger partial charge in [-0.05, 0) is 25.0 Å². The molecule has 5 nitrogen and oxygen atoms in total. The molecule has 1 amide bonds. The zero-order valence-corrected chi connectivity index (χ0v) is 13.1. The molecule has 1 aliphatic rings. The molecule has 1 aromatic heterocycles. The van der Waals surface area contributed by atoms with Gasteiger partial charge in [0.15, 0.2) is 17.5 Å². The van der Waals surface area contributed by atoms with E-state index in [4.69, 9.17) is 16.1 Å². The zero-order chi connectivity index (χ0) is 16.6. The summed E-state index contributed by atoms with van der Waals surface area (Å²) in [5, 5.41) is 6.58. The van der Waals surface area contributed by atoms with Gasteiger partial charge in [-0.3, -0.25) is 4.79 Å². The Morgan fingerprint density at radius 3 is 2.57 bits per heavy atom. The van der Waals surface area contributed by atoms with E-state index in [1.54, 1.807) is 6.92 Å². The van der Waals surface area contributed by atoms with Crippen LogP contribution in [0, 0.1) is 18.6 Å². The minimum Gasteiger partial charge on any atom is -0.340 e. The Morgan fingerprint density at radius 2 is 1.96 bits per heavy atom. The number of hydrogen-bond donors (Lipinski definition) is 1. The minimum absolute atomic E-state index is 0.128. The number of rotatable bonds is 3. The second-order valence-electron chi connectivity index (χ2n) is 5.63. The van der Waals surface area contributed by atoms with Crippen LogP contribution in [0.2, 0.25) is 5.02 Å². The van der Waals surface area contributed by atoms with Gasteiger partial charge in [0.1, 0.15) is 5.54 Å². The zero-order valence-electron chi connectivity index (χ0n) is 12.3. The molecule has 23 heavy (non-hydrogen) atoms. The summed E-state index contributed by atoms with van der Waals surface area (Å²) >= 11 is 5.86. The number of aromatic nitrogens is 2. The van der Waals surface area contributed by atoms with Gasteiger partial charge in [-0.2, -0.15) is 4.98 Å². The van der Waals surface area contributed by atoms with E-state index in [9.17, 15) is 13.6 Å². The average Bonchev–Trinajstić information content (AvgIpc) is 3.12. The van der Waals surface area contributed by atoms with E-state index in [1.807, 2.05) is 0 Å². The molecule has 0 bridgehead atoms. The lowest BCUT2D eigenvalue weighted by atomic mass is 9.96. The molecule has 1 aromatic carbocycles. The molecule has 1 N–H and O–H groups in total. The lowest BCUT2D eigenvalue weighted by Gasteiger charge is -2.27. The maximum atomic E-state index is 13.4. The van der Waals surface area contributed by atoms with Gasteiger partial charge in [0, 0.05) is 6.92 Å². The Balaban J connectivity index is 1.92. The molecule has 0 atom stereocenters. The number of aryl methyl sites for hydroxylation is 1. The van der Waals surface area contributed by atoms with Crippen LogP contribution in [0.25, 0.3) is 0 Å². The van der Waals surface area contributed by atoms with Crippen LogP contribution in [0.4, 0.5) is 8.78 Å². The normalized spacial score (nSPS) is 16.5. The van der Waals surface area contributed by atoms with Crippen molar-refractivity contribution in [3.05, 3.63) is 46.1 Å². The summed E-state index contributed by atoms with van der Waals surface area (Å²) in [6.07, 6.45) is 3.05. The largest absolute Gasteiger partial charge is 0.340 e. The first-order valence-electron chi connectivity index (χ1n) is 7.19. The summed E-state index contributed by atoms with van der Waals surface area (Å²) in [6, 6.07) is 1.57. The van der Waals surface area contributed by atoms with Crippen LogP contribution < -0.4 is 5.32 Å². The van der Waals surface area contributed by atoms with Crippen LogP contribution in [0.15, 0.2) is 16.7 Å². The molecule has 1 fully saturated rings. The molecular weight excluding hydrogens is 328 g/mol. The predicted molar refractivity (Wildman–Crippen MR) is 78.0 cm³/mol. The third-order valence-electron chi connectivity index (χ3n) is 4.02. The average molecular weight is 342 g/mol. The molecule has 2 aromatic rings. The number of carbonyl (C=O) groups is 1. The first-order valence-corrected chi connectivity index (χ1v) is 7.57. The number of nitrogens with one attached hydrogen (secondary N) is 1. The smallest absolute Gasteiger partial charge is 0.253 e. The van der Waals surface area contributed by atoms with E-state index < -0.39 is 23.1 Å². The first-order chi connectivity index (χ1) is 10.9. The molecule has 0 unspecified atom stereocenters. The highest BCUT2D eigenvalue weighted by molar-refractivity contribution is 6.33. The van der Waals surface area contributed by atoms with Gasteiger partial charge < -0.3 is 9.84 Å². The van der Waals surface area contributed by atoms with Gasteiger partial charge >= 0.3 is 0 Å². The molecule has 0 radical (unpaired) electrons. The lowest BCUT2D eigenvalue weighted by molar-refractivity contribution is 0.0891. The standard InChI is InChI=1S/C15H14ClF2N3O2/c1-8-19-14(21-23-8)15(4-2-3-5-15)20-13(22)9-6-11(17)12(18)7-10(9)16/h6-7H,2-5H2,1H3,(H,20,22). The molecule has 1 aliphatic carbocycles. The maximum Gasteiger partial charge on any atom is 0.253 e. The van der Waals surface area contributed by atoms with E-state index in [0.29, 0.717) is 24.6 Å². The molecule has 0 saturated heterocycles. The highest BCUT2D eigenvalue weighted by atomic mass is 35.5. The second kappa shape index (κ2) is 5.88. The van der Waals surface area contributed by atoms with E-state index in [0.717, 1.165) is 25.0 Å². The van der Waals surface area contributed by atoms with Crippen molar-refractivity contribution in [2.75, 3.05) is 0 Å². The Hall–Kier alpha value is -2.02. The van der Waals surface area contributed by atoms with Gasteiger partial charge in [-0.25, -0.2) is 8.78 Å².